The van der Waals surface area contributed by atoms with Gasteiger partial charge in [0.25, 0.3) is 0 Å². The maximum absolute atomic E-state index is 9.36. The van der Waals surface area contributed by atoms with Gasteiger partial charge in [0, 0.05) is 12.0 Å². The van der Waals surface area contributed by atoms with Crippen LogP contribution in [0.25, 0.3) is 11.0 Å². The summed E-state index contributed by atoms with van der Waals surface area (Å²) in [5, 5.41) is 9.36. The highest BCUT2D eigenvalue weighted by Crippen LogP contribution is 2.24. The van der Waals surface area contributed by atoms with E-state index in [2.05, 4.69) is 9.97 Å². The molecule has 0 aliphatic carbocycles. The molecular formula is C11H15N3O. The van der Waals surface area contributed by atoms with Gasteiger partial charge in [-0.2, -0.15) is 0 Å². The number of nitrogens with two attached hydrogens (primary N) is 1. The standard InChI is InChI=1S/C11H15N3O/c1-11(5-12,6-15)8-2-3-9-10(4-8)14-7-13-9/h2-4,7,15H,5-6,12H2,1H3,(H,13,14). The molecule has 1 aromatic heterocycles. The number of nitrogens with one attached hydrogen (secondary N) is 1. The zero-order chi connectivity index (χ0) is 10.9. The zero-order valence-electron chi connectivity index (χ0n) is 8.70. The summed E-state index contributed by atoms with van der Waals surface area (Å²) in [4.78, 5) is 7.19. The SMILES string of the molecule is CC(CN)(CO)c1ccc2nc[nH]c2c1. The number of aromatic nitrogens is 2. The predicted octanol–water partition coefficient (Wildman–Crippen LogP) is 0.772. The number of hydrogen-bond donors (Lipinski definition) is 3. The molecule has 0 spiro atoms. The van der Waals surface area contributed by atoms with Crippen molar-refractivity contribution in [2.45, 2.75) is 12.3 Å². The lowest BCUT2D eigenvalue weighted by Crippen LogP contribution is -2.35. The maximum atomic E-state index is 9.36. The van der Waals surface area contributed by atoms with Crippen LogP contribution in [0.1, 0.15) is 12.5 Å². The molecule has 0 saturated carbocycles. The zero-order valence-corrected chi connectivity index (χ0v) is 8.70. The summed E-state index contributed by atoms with van der Waals surface area (Å²) < 4.78 is 0. The quantitative estimate of drug-likeness (QED) is 0.693. The molecule has 0 fully saturated rings. The van der Waals surface area contributed by atoms with Crippen molar-refractivity contribution in [3.63, 3.8) is 0 Å². The van der Waals surface area contributed by atoms with Crippen LogP contribution in [0.2, 0.25) is 0 Å². The van der Waals surface area contributed by atoms with Crippen LogP contribution in [0, 0.1) is 0 Å². The van der Waals surface area contributed by atoms with Crippen LogP contribution in [-0.2, 0) is 5.41 Å². The second-order valence-electron chi connectivity index (χ2n) is 4.06. The lowest BCUT2D eigenvalue weighted by molar-refractivity contribution is 0.210. The van der Waals surface area contributed by atoms with Gasteiger partial charge in [0.15, 0.2) is 0 Å². The highest BCUT2D eigenvalue weighted by molar-refractivity contribution is 5.75. The number of imidazole rings is 1. The van der Waals surface area contributed by atoms with Crippen molar-refractivity contribution < 1.29 is 5.11 Å². The van der Waals surface area contributed by atoms with Crippen LogP contribution < -0.4 is 5.73 Å². The van der Waals surface area contributed by atoms with E-state index in [1.807, 2.05) is 25.1 Å². The van der Waals surface area contributed by atoms with Crippen LogP contribution in [0.5, 0.6) is 0 Å². The van der Waals surface area contributed by atoms with Crippen LogP contribution >= 0.6 is 0 Å². The van der Waals surface area contributed by atoms with Gasteiger partial charge >= 0.3 is 0 Å². The maximum Gasteiger partial charge on any atom is 0.0931 e. The van der Waals surface area contributed by atoms with Gasteiger partial charge in [-0.05, 0) is 17.7 Å². The molecule has 0 aliphatic heterocycles. The van der Waals surface area contributed by atoms with E-state index in [1.165, 1.54) is 0 Å². The molecular weight excluding hydrogens is 190 g/mol. The van der Waals surface area contributed by atoms with Crippen molar-refractivity contribution in [1.82, 2.24) is 9.97 Å². The molecule has 0 aliphatic rings. The van der Waals surface area contributed by atoms with Crippen molar-refractivity contribution in [3.8, 4) is 0 Å². The second-order valence-corrected chi connectivity index (χ2v) is 4.06. The number of aliphatic hydroxyl groups is 1. The van der Waals surface area contributed by atoms with E-state index >= 15 is 0 Å². The van der Waals surface area contributed by atoms with Crippen molar-refractivity contribution in [1.29, 1.82) is 0 Å². The van der Waals surface area contributed by atoms with E-state index in [1.54, 1.807) is 6.33 Å². The summed E-state index contributed by atoms with van der Waals surface area (Å²) >= 11 is 0. The molecule has 80 valence electrons. The molecule has 4 nitrogen and oxygen atoms in total. The van der Waals surface area contributed by atoms with E-state index in [-0.39, 0.29) is 12.0 Å². The number of rotatable bonds is 3. The number of benzene rings is 1. The first-order valence-corrected chi connectivity index (χ1v) is 4.94. The predicted molar refractivity (Wildman–Crippen MR) is 59.6 cm³/mol. The number of H-pyrrole nitrogens is 1. The molecule has 2 aromatic rings. The molecule has 2 rings (SSSR count). The number of aromatic amines is 1. The first-order valence-electron chi connectivity index (χ1n) is 4.94. The minimum absolute atomic E-state index is 0.0448. The molecule has 4 N–H and O–H groups in total. The lowest BCUT2D eigenvalue weighted by atomic mass is 9.83. The Bertz CT molecular complexity index is 460. The molecule has 15 heavy (non-hydrogen) atoms. The minimum Gasteiger partial charge on any atom is -0.395 e. The molecule has 1 aromatic carbocycles. The van der Waals surface area contributed by atoms with Gasteiger partial charge in [0.05, 0.1) is 24.0 Å². The molecule has 1 heterocycles. The Hall–Kier alpha value is -1.39. The summed E-state index contributed by atoms with van der Waals surface area (Å²) in [5.74, 6) is 0. The van der Waals surface area contributed by atoms with Gasteiger partial charge in [0.1, 0.15) is 0 Å². The van der Waals surface area contributed by atoms with Crippen molar-refractivity contribution in [3.05, 3.63) is 30.1 Å². The molecule has 1 atom stereocenters. The van der Waals surface area contributed by atoms with Gasteiger partial charge in [0.2, 0.25) is 0 Å². The number of nitrogens with zero attached hydrogens (tertiary/aromatic N) is 1. The lowest BCUT2D eigenvalue weighted by Gasteiger charge is -2.25. The highest BCUT2D eigenvalue weighted by atomic mass is 16.3. The number of aliphatic hydroxyl groups excluding tert-OH is 1. The number of fused-ring (bicyclic) bond motifs is 1. The minimum atomic E-state index is -0.376. The average molecular weight is 205 g/mol. The first-order chi connectivity index (χ1) is 7.19. The van der Waals surface area contributed by atoms with Gasteiger partial charge in [-0.3, -0.25) is 0 Å². The smallest absolute Gasteiger partial charge is 0.0931 e. The van der Waals surface area contributed by atoms with Crippen molar-refractivity contribution >= 4 is 11.0 Å². The van der Waals surface area contributed by atoms with E-state index in [0.717, 1.165) is 16.6 Å². The Morgan fingerprint density at radius 1 is 1.53 bits per heavy atom. The van der Waals surface area contributed by atoms with Crippen LogP contribution in [0.4, 0.5) is 0 Å². The Kier molecular flexibility index (Phi) is 2.46. The van der Waals surface area contributed by atoms with Crippen LogP contribution in [0.15, 0.2) is 24.5 Å². The van der Waals surface area contributed by atoms with Gasteiger partial charge in [-0.25, -0.2) is 4.98 Å². The van der Waals surface area contributed by atoms with E-state index in [9.17, 15) is 5.11 Å². The normalized spacial score (nSPS) is 15.4. The third-order valence-corrected chi connectivity index (χ3v) is 2.92. The first kappa shape index (κ1) is 10.1. The van der Waals surface area contributed by atoms with E-state index in [0.29, 0.717) is 6.54 Å². The van der Waals surface area contributed by atoms with Crippen molar-refractivity contribution in [2.24, 2.45) is 5.73 Å². The Balaban J connectivity index is 2.51. The molecule has 0 saturated heterocycles. The van der Waals surface area contributed by atoms with Gasteiger partial charge < -0.3 is 15.8 Å². The Labute approximate surface area is 88.1 Å². The Morgan fingerprint density at radius 2 is 2.33 bits per heavy atom. The van der Waals surface area contributed by atoms with Crippen LogP contribution in [0.3, 0.4) is 0 Å². The van der Waals surface area contributed by atoms with E-state index < -0.39 is 0 Å². The summed E-state index contributed by atoms with van der Waals surface area (Å²) in [7, 11) is 0. The second kappa shape index (κ2) is 3.64. The monoisotopic (exact) mass is 205 g/mol. The third kappa shape index (κ3) is 1.62. The molecule has 0 bridgehead atoms. The fraction of sp³-hybridized carbons (Fsp3) is 0.364. The van der Waals surface area contributed by atoms with Gasteiger partial charge in [-0.15, -0.1) is 0 Å². The average Bonchev–Trinajstić information content (AvgIpc) is 2.74. The van der Waals surface area contributed by atoms with Crippen molar-refractivity contribution in [2.75, 3.05) is 13.2 Å². The highest BCUT2D eigenvalue weighted by Gasteiger charge is 2.24. The van der Waals surface area contributed by atoms with Gasteiger partial charge in [-0.1, -0.05) is 13.0 Å². The molecule has 4 heteroatoms. The summed E-state index contributed by atoms with van der Waals surface area (Å²) in [6, 6.07) is 5.89. The molecule has 0 radical (unpaired) electrons. The summed E-state index contributed by atoms with van der Waals surface area (Å²) in [5.41, 5.74) is 8.24. The molecule has 0 amide bonds. The van der Waals surface area contributed by atoms with Crippen LogP contribution in [-0.4, -0.2) is 28.2 Å². The molecule has 1 unspecified atom stereocenters. The Morgan fingerprint density at radius 3 is 3.00 bits per heavy atom. The largest absolute Gasteiger partial charge is 0.395 e. The fourth-order valence-corrected chi connectivity index (χ4v) is 1.58. The topological polar surface area (TPSA) is 74.9 Å². The third-order valence-electron chi connectivity index (χ3n) is 2.92. The summed E-state index contributed by atoms with van der Waals surface area (Å²) in [6.45, 7) is 2.41. The number of hydrogen-bond acceptors (Lipinski definition) is 3. The summed E-state index contributed by atoms with van der Waals surface area (Å²) in [6.07, 6.45) is 1.66. The fourth-order valence-electron chi connectivity index (χ4n) is 1.58. The van der Waals surface area contributed by atoms with E-state index in [4.69, 9.17) is 5.73 Å².